The number of aliphatic hydroxyl groups is 1. The number of phenolic OH excluding ortho intramolecular Hbond substituents is 2. The van der Waals surface area contributed by atoms with E-state index in [2.05, 4.69) is 0 Å². The molecule has 0 spiro atoms. The standard InChI is InChI=1S/C10H11F3O3/c1-9(2,16)7-5(10(11,12)13)3-4-6(14)8(7)15/h3-4,14-16H,1-2H3. The molecule has 0 fully saturated rings. The van der Waals surface area contributed by atoms with E-state index in [9.17, 15) is 23.4 Å². The lowest BCUT2D eigenvalue weighted by molar-refractivity contribution is -0.140. The number of alkyl halides is 3. The molecule has 1 rings (SSSR count). The Morgan fingerprint density at radius 3 is 1.94 bits per heavy atom. The predicted molar refractivity (Wildman–Crippen MR) is 50.0 cm³/mol. The molecule has 1 aromatic rings. The largest absolute Gasteiger partial charge is 0.504 e. The zero-order valence-electron chi connectivity index (χ0n) is 8.63. The number of rotatable bonds is 1. The molecule has 0 atom stereocenters. The van der Waals surface area contributed by atoms with E-state index in [0.717, 1.165) is 19.9 Å². The summed E-state index contributed by atoms with van der Waals surface area (Å²) in [6.07, 6.45) is -4.71. The molecule has 0 bridgehead atoms. The number of benzene rings is 1. The van der Waals surface area contributed by atoms with Gasteiger partial charge in [0, 0.05) is 5.56 Å². The van der Waals surface area contributed by atoms with Crippen molar-refractivity contribution in [3.8, 4) is 11.5 Å². The van der Waals surface area contributed by atoms with Crippen molar-refractivity contribution in [1.82, 2.24) is 0 Å². The summed E-state index contributed by atoms with van der Waals surface area (Å²) in [6, 6.07) is 1.34. The van der Waals surface area contributed by atoms with Gasteiger partial charge in [0.2, 0.25) is 0 Å². The highest BCUT2D eigenvalue weighted by Gasteiger charge is 2.39. The molecule has 0 heterocycles. The van der Waals surface area contributed by atoms with E-state index in [1.165, 1.54) is 0 Å². The highest BCUT2D eigenvalue weighted by molar-refractivity contribution is 5.52. The summed E-state index contributed by atoms with van der Waals surface area (Å²) in [5, 5.41) is 28.1. The van der Waals surface area contributed by atoms with Crippen LogP contribution in [0, 0.1) is 0 Å². The van der Waals surface area contributed by atoms with Crippen LogP contribution in [0.1, 0.15) is 25.0 Å². The summed E-state index contributed by atoms with van der Waals surface area (Å²) in [4.78, 5) is 0. The van der Waals surface area contributed by atoms with Gasteiger partial charge in [-0.3, -0.25) is 0 Å². The van der Waals surface area contributed by atoms with E-state index in [-0.39, 0.29) is 0 Å². The Hall–Kier alpha value is -1.43. The Balaban J connectivity index is 3.59. The molecule has 0 aliphatic heterocycles. The maximum atomic E-state index is 12.6. The Labute approximate surface area is 89.8 Å². The summed E-state index contributed by atoms with van der Waals surface area (Å²) >= 11 is 0. The van der Waals surface area contributed by atoms with Crippen LogP contribution in [0.25, 0.3) is 0 Å². The lowest BCUT2D eigenvalue weighted by Crippen LogP contribution is -2.22. The van der Waals surface area contributed by atoms with E-state index in [0.29, 0.717) is 6.07 Å². The maximum Gasteiger partial charge on any atom is 0.416 e. The van der Waals surface area contributed by atoms with Crippen LogP contribution in [0.3, 0.4) is 0 Å². The van der Waals surface area contributed by atoms with Gasteiger partial charge in [0.1, 0.15) is 0 Å². The summed E-state index contributed by atoms with van der Waals surface area (Å²) in [5.41, 5.74) is -3.82. The lowest BCUT2D eigenvalue weighted by atomic mass is 9.91. The molecule has 0 aromatic heterocycles. The molecule has 0 unspecified atom stereocenters. The first-order valence-electron chi connectivity index (χ1n) is 4.40. The summed E-state index contributed by atoms with van der Waals surface area (Å²) in [6.45, 7) is 2.19. The molecule has 3 nitrogen and oxygen atoms in total. The van der Waals surface area contributed by atoms with Gasteiger partial charge in [0.15, 0.2) is 11.5 Å². The fourth-order valence-corrected chi connectivity index (χ4v) is 1.44. The molecule has 0 radical (unpaired) electrons. The molecule has 6 heteroatoms. The number of aromatic hydroxyl groups is 2. The fraction of sp³-hybridized carbons (Fsp3) is 0.400. The number of hydrogen-bond donors (Lipinski definition) is 3. The van der Waals surface area contributed by atoms with Gasteiger partial charge in [-0.25, -0.2) is 0 Å². The predicted octanol–water partition coefficient (Wildman–Crippen LogP) is 2.34. The molecule has 0 aliphatic carbocycles. The van der Waals surface area contributed by atoms with Gasteiger partial charge in [0.25, 0.3) is 0 Å². The molecule has 90 valence electrons. The van der Waals surface area contributed by atoms with Crippen molar-refractivity contribution in [2.24, 2.45) is 0 Å². The van der Waals surface area contributed by atoms with Crippen molar-refractivity contribution in [2.75, 3.05) is 0 Å². The van der Waals surface area contributed by atoms with E-state index < -0.39 is 34.4 Å². The molecular formula is C10H11F3O3. The minimum Gasteiger partial charge on any atom is -0.504 e. The second-order valence-electron chi connectivity index (χ2n) is 3.91. The van der Waals surface area contributed by atoms with Crippen molar-refractivity contribution in [2.45, 2.75) is 25.6 Å². The van der Waals surface area contributed by atoms with E-state index in [4.69, 9.17) is 5.11 Å². The second kappa shape index (κ2) is 3.55. The second-order valence-corrected chi connectivity index (χ2v) is 3.91. The van der Waals surface area contributed by atoms with Gasteiger partial charge in [-0.1, -0.05) is 0 Å². The topological polar surface area (TPSA) is 60.7 Å². The lowest BCUT2D eigenvalue weighted by Gasteiger charge is -2.24. The van der Waals surface area contributed by atoms with Gasteiger partial charge < -0.3 is 15.3 Å². The molecule has 1 aromatic carbocycles. The monoisotopic (exact) mass is 236 g/mol. The van der Waals surface area contributed by atoms with Crippen LogP contribution in [-0.2, 0) is 11.8 Å². The van der Waals surface area contributed by atoms with Crippen molar-refractivity contribution in [1.29, 1.82) is 0 Å². The van der Waals surface area contributed by atoms with E-state index in [1.807, 2.05) is 0 Å². The molecule has 0 aliphatic rings. The third kappa shape index (κ3) is 2.21. The van der Waals surface area contributed by atoms with Gasteiger partial charge in [0.05, 0.1) is 11.2 Å². The normalized spacial score (nSPS) is 12.9. The first-order chi connectivity index (χ1) is 7.05. The third-order valence-electron chi connectivity index (χ3n) is 2.07. The highest BCUT2D eigenvalue weighted by atomic mass is 19.4. The van der Waals surface area contributed by atoms with E-state index in [1.54, 1.807) is 0 Å². The summed E-state index contributed by atoms with van der Waals surface area (Å²) in [7, 11) is 0. The minimum atomic E-state index is -4.71. The van der Waals surface area contributed by atoms with Crippen LogP contribution < -0.4 is 0 Å². The molecule has 0 amide bonds. The zero-order chi connectivity index (χ0) is 12.7. The van der Waals surface area contributed by atoms with Crippen LogP contribution in [0.2, 0.25) is 0 Å². The Bertz CT molecular complexity index is 405. The first-order valence-corrected chi connectivity index (χ1v) is 4.40. The first kappa shape index (κ1) is 12.6. The fourth-order valence-electron chi connectivity index (χ4n) is 1.44. The Morgan fingerprint density at radius 1 is 1.06 bits per heavy atom. The van der Waals surface area contributed by atoms with Crippen molar-refractivity contribution in [3.63, 3.8) is 0 Å². The number of hydrogen-bond acceptors (Lipinski definition) is 3. The molecule has 0 saturated heterocycles. The maximum absolute atomic E-state index is 12.6. The van der Waals surface area contributed by atoms with Crippen LogP contribution in [0.15, 0.2) is 12.1 Å². The zero-order valence-corrected chi connectivity index (χ0v) is 8.63. The van der Waals surface area contributed by atoms with Gasteiger partial charge in [-0.2, -0.15) is 13.2 Å². The average molecular weight is 236 g/mol. The smallest absolute Gasteiger partial charge is 0.416 e. The van der Waals surface area contributed by atoms with Crippen molar-refractivity contribution < 1.29 is 28.5 Å². The summed E-state index contributed by atoms with van der Waals surface area (Å²) in [5.74, 6) is -1.66. The van der Waals surface area contributed by atoms with Crippen molar-refractivity contribution in [3.05, 3.63) is 23.3 Å². The van der Waals surface area contributed by atoms with Crippen LogP contribution in [0.4, 0.5) is 13.2 Å². The van der Waals surface area contributed by atoms with Crippen LogP contribution in [-0.4, -0.2) is 15.3 Å². The minimum absolute atomic E-state index is 0.613. The Morgan fingerprint density at radius 2 is 1.56 bits per heavy atom. The van der Waals surface area contributed by atoms with Gasteiger partial charge in [-0.15, -0.1) is 0 Å². The van der Waals surface area contributed by atoms with Crippen LogP contribution >= 0.6 is 0 Å². The number of phenols is 2. The number of halogens is 3. The molecule has 3 N–H and O–H groups in total. The SMILES string of the molecule is CC(C)(O)c1c(C(F)(F)F)ccc(O)c1O. The third-order valence-corrected chi connectivity index (χ3v) is 2.07. The average Bonchev–Trinajstić information content (AvgIpc) is 2.05. The van der Waals surface area contributed by atoms with E-state index >= 15 is 0 Å². The van der Waals surface area contributed by atoms with Gasteiger partial charge >= 0.3 is 6.18 Å². The molecule has 16 heavy (non-hydrogen) atoms. The molecule has 0 saturated carbocycles. The highest BCUT2D eigenvalue weighted by Crippen LogP contribution is 2.44. The van der Waals surface area contributed by atoms with Crippen molar-refractivity contribution >= 4 is 0 Å². The van der Waals surface area contributed by atoms with Crippen LogP contribution in [0.5, 0.6) is 11.5 Å². The van der Waals surface area contributed by atoms with Gasteiger partial charge in [-0.05, 0) is 26.0 Å². The molecular weight excluding hydrogens is 225 g/mol. The Kier molecular flexibility index (Phi) is 2.81. The summed E-state index contributed by atoms with van der Waals surface area (Å²) < 4.78 is 37.8. The quantitative estimate of drug-likeness (QED) is 0.656.